The van der Waals surface area contributed by atoms with E-state index in [1.54, 1.807) is 7.11 Å². The summed E-state index contributed by atoms with van der Waals surface area (Å²) in [5.41, 5.74) is 1.93. The zero-order valence-corrected chi connectivity index (χ0v) is 25.1. The molecule has 0 radical (unpaired) electrons. The average Bonchev–Trinajstić information content (AvgIpc) is 2.85. The first kappa shape index (κ1) is 27.7. The van der Waals surface area contributed by atoms with Crippen molar-refractivity contribution in [1.29, 1.82) is 5.26 Å². The van der Waals surface area contributed by atoms with Gasteiger partial charge in [0.25, 0.3) is 0 Å². The number of fused-ring (bicyclic) bond motifs is 7. The highest BCUT2D eigenvalue weighted by Crippen LogP contribution is 2.76. The first-order chi connectivity index (χ1) is 17.6. The average molecular weight is 520 g/mol. The molecule has 5 aliphatic carbocycles. The molecule has 0 spiro atoms. The lowest BCUT2D eigenvalue weighted by Gasteiger charge is -2.71. The second-order valence-electron chi connectivity index (χ2n) is 15.8. The third-order valence-corrected chi connectivity index (χ3v) is 13.5. The molecule has 4 nitrogen and oxygen atoms in total. The summed E-state index contributed by atoms with van der Waals surface area (Å²) in [5, 5.41) is 10.0. The van der Waals surface area contributed by atoms with E-state index in [0.717, 1.165) is 51.4 Å². The summed E-state index contributed by atoms with van der Waals surface area (Å²) in [4.78, 5) is 26.9. The van der Waals surface area contributed by atoms with Crippen molar-refractivity contribution < 1.29 is 14.3 Å². The van der Waals surface area contributed by atoms with Gasteiger partial charge >= 0.3 is 5.97 Å². The summed E-state index contributed by atoms with van der Waals surface area (Å²) in [6.07, 6.45) is 10.6. The van der Waals surface area contributed by atoms with Gasteiger partial charge in [-0.2, -0.15) is 5.26 Å². The number of nitriles is 1. The molecular weight excluding hydrogens is 470 g/mol. The van der Waals surface area contributed by atoms with Crippen molar-refractivity contribution >= 4 is 11.8 Å². The van der Waals surface area contributed by atoms with E-state index in [4.69, 9.17) is 4.74 Å². The molecule has 38 heavy (non-hydrogen) atoms. The van der Waals surface area contributed by atoms with Crippen molar-refractivity contribution in [1.82, 2.24) is 0 Å². The number of hydrogen-bond donors (Lipinski definition) is 0. The molecule has 5 aliphatic rings. The molecule has 0 saturated heterocycles. The zero-order valence-electron chi connectivity index (χ0n) is 25.1. The maximum absolute atomic E-state index is 13.5. The summed E-state index contributed by atoms with van der Waals surface area (Å²) >= 11 is 0. The fraction of sp³-hybridized carbons (Fsp3) is 0.794. The highest BCUT2D eigenvalue weighted by molar-refractivity contribution is 5.89. The van der Waals surface area contributed by atoms with Gasteiger partial charge in [-0.15, -0.1) is 0 Å². The van der Waals surface area contributed by atoms with Crippen LogP contribution in [0.2, 0.25) is 0 Å². The number of nitrogens with zero attached hydrogens (tertiary/aromatic N) is 1. The second-order valence-corrected chi connectivity index (χ2v) is 15.8. The van der Waals surface area contributed by atoms with Crippen molar-refractivity contribution in [3.05, 3.63) is 23.8 Å². The Morgan fingerprint density at radius 3 is 2.26 bits per heavy atom. The van der Waals surface area contributed by atoms with Crippen molar-refractivity contribution in [3.63, 3.8) is 0 Å². The van der Waals surface area contributed by atoms with Crippen LogP contribution in [-0.2, 0) is 14.3 Å². The van der Waals surface area contributed by atoms with Gasteiger partial charge in [0, 0.05) is 5.41 Å². The standard InChI is InChI=1S/C34H49NO3/c1-10-21-17-25-31(6)18-22(20-35)27(36)30(4,5)24(31)11-12-32(25,7)33(8)14-16-34(28(37)38-9)15-13-29(2,3)19-23(34)26(21)33/h10,22-25H,1,11-19H2,2-9H3/t22?,23-,24-,25?,31-,32+,33+,34-/m0/s1. The minimum absolute atomic E-state index is 0.0247. The van der Waals surface area contributed by atoms with Crippen LogP contribution in [-0.4, -0.2) is 18.9 Å². The number of allylic oxidation sites excluding steroid dienone is 3. The van der Waals surface area contributed by atoms with E-state index in [0.29, 0.717) is 12.3 Å². The molecule has 0 amide bonds. The molecule has 4 saturated carbocycles. The summed E-state index contributed by atoms with van der Waals surface area (Å²) < 4.78 is 5.53. The predicted molar refractivity (Wildman–Crippen MR) is 150 cm³/mol. The Hall–Kier alpha value is -1.89. The number of hydrogen-bond acceptors (Lipinski definition) is 4. The van der Waals surface area contributed by atoms with E-state index >= 15 is 0 Å². The lowest BCUT2D eigenvalue weighted by Crippen LogP contribution is -2.66. The normalized spacial score (nSPS) is 47.0. The molecule has 0 bridgehead atoms. The van der Waals surface area contributed by atoms with Crippen LogP contribution in [0, 0.1) is 67.5 Å². The molecule has 0 aromatic carbocycles. The number of methoxy groups -OCH3 is 1. The van der Waals surface area contributed by atoms with Gasteiger partial charge in [0.15, 0.2) is 5.78 Å². The highest BCUT2D eigenvalue weighted by atomic mass is 16.5. The number of carbonyl (C=O) groups excluding carboxylic acids is 2. The van der Waals surface area contributed by atoms with Crippen LogP contribution in [0.15, 0.2) is 23.8 Å². The van der Waals surface area contributed by atoms with Crippen LogP contribution >= 0.6 is 0 Å². The molecule has 208 valence electrons. The van der Waals surface area contributed by atoms with Crippen molar-refractivity contribution in [2.45, 2.75) is 106 Å². The van der Waals surface area contributed by atoms with Gasteiger partial charge in [-0.3, -0.25) is 9.59 Å². The minimum atomic E-state index is -0.531. The van der Waals surface area contributed by atoms with Gasteiger partial charge in [0.05, 0.1) is 18.6 Å². The third-order valence-electron chi connectivity index (χ3n) is 13.5. The SMILES string of the molecule is C=CC1=C2[C@@H]3CC(C)(C)CC[C@]3(C(=O)OC)CC[C@@]2(C)[C@]2(C)CC[C@H]3C(C)(C)C(=O)C(C#N)C[C@]3(C)C2C1. The van der Waals surface area contributed by atoms with Crippen molar-refractivity contribution in [2.24, 2.45) is 56.2 Å². The first-order valence-electron chi connectivity index (χ1n) is 15.0. The maximum atomic E-state index is 13.5. The maximum Gasteiger partial charge on any atom is 0.312 e. The van der Waals surface area contributed by atoms with Crippen molar-refractivity contribution in [3.8, 4) is 6.07 Å². The Balaban J connectivity index is 1.70. The largest absolute Gasteiger partial charge is 0.469 e. The Morgan fingerprint density at radius 1 is 1.00 bits per heavy atom. The lowest BCUT2D eigenvalue weighted by molar-refractivity contribution is -0.194. The lowest BCUT2D eigenvalue weighted by atomic mass is 9.32. The Labute approximate surface area is 230 Å². The molecule has 2 unspecified atom stereocenters. The number of carbonyl (C=O) groups is 2. The van der Waals surface area contributed by atoms with Crippen LogP contribution in [0.1, 0.15) is 106 Å². The Kier molecular flexibility index (Phi) is 6.05. The van der Waals surface area contributed by atoms with Gasteiger partial charge in [-0.1, -0.05) is 66.7 Å². The van der Waals surface area contributed by atoms with E-state index in [1.807, 2.05) is 0 Å². The van der Waals surface area contributed by atoms with E-state index in [-0.39, 0.29) is 45.2 Å². The minimum Gasteiger partial charge on any atom is -0.469 e. The Morgan fingerprint density at radius 2 is 1.66 bits per heavy atom. The van der Waals surface area contributed by atoms with Gasteiger partial charge in [-0.05, 0) is 103 Å². The number of rotatable bonds is 2. The number of ether oxygens (including phenoxy) is 1. The molecule has 8 atom stereocenters. The number of Topliss-reactive ketones (excluding diaryl/α,β-unsaturated/α-hetero) is 1. The van der Waals surface area contributed by atoms with Crippen LogP contribution in [0.3, 0.4) is 0 Å². The van der Waals surface area contributed by atoms with Crippen molar-refractivity contribution in [2.75, 3.05) is 7.11 Å². The molecule has 4 heteroatoms. The Bertz CT molecular complexity index is 1150. The fourth-order valence-electron chi connectivity index (χ4n) is 11.3. The van der Waals surface area contributed by atoms with Crippen LogP contribution in [0.4, 0.5) is 0 Å². The van der Waals surface area contributed by atoms with Gasteiger partial charge in [0.2, 0.25) is 0 Å². The smallest absolute Gasteiger partial charge is 0.312 e. The van der Waals surface area contributed by atoms with Gasteiger partial charge < -0.3 is 4.74 Å². The summed E-state index contributed by atoms with van der Waals surface area (Å²) in [6.45, 7) is 20.7. The third kappa shape index (κ3) is 3.26. The second kappa shape index (κ2) is 8.31. The summed E-state index contributed by atoms with van der Waals surface area (Å²) in [5.74, 6) is 0.386. The number of esters is 1. The van der Waals surface area contributed by atoms with Crippen LogP contribution in [0.5, 0.6) is 0 Å². The summed E-state index contributed by atoms with van der Waals surface area (Å²) in [7, 11) is 1.56. The molecule has 0 N–H and O–H groups in total. The summed E-state index contributed by atoms with van der Waals surface area (Å²) in [6, 6.07) is 2.40. The predicted octanol–water partition coefficient (Wildman–Crippen LogP) is 7.84. The van der Waals surface area contributed by atoms with Gasteiger partial charge in [-0.25, -0.2) is 0 Å². The molecule has 5 rings (SSSR count). The van der Waals surface area contributed by atoms with Crippen LogP contribution < -0.4 is 0 Å². The molecule has 0 aromatic rings. The monoisotopic (exact) mass is 519 g/mol. The molecular formula is C34H49NO3. The highest BCUT2D eigenvalue weighted by Gasteiger charge is 2.71. The fourth-order valence-corrected chi connectivity index (χ4v) is 11.3. The zero-order chi connectivity index (χ0) is 28.1. The van der Waals surface area contributed by atoms with Gasteiger partial charge in [0.1, 0.15) is 5.92 Å². The quantitative estimate of drug-likeness (QED) is 0.349. The molecule has 0 aliphatic heterocycles. The van der Waals surface area contributed by atoms with E-state index in [9.17, 15) is 14.9 Å². The van der Waals surface area contributed by atoms with E-state index in [1.165, 1.54) is 11.1 Å². The van der Waals surface area contributed by atoms with E-state index in [2.05, 4.69) is 67.2 Å². The molecule has 0 heterocycles. The molecule has 0 aromatic heterocycles. The first-order valence-corrected chi connectivity index (χ1v) is 15.0. The topological polar surface area (TPSA) is 67.2 Å². The molecule has 4 fully saturated rings. The number of ketones is 1. The van der Waals surface area contributed by atoms with E-state index < -0.39 is 16.7 Å². The van der Waals surface area contributed by atoms with Crippen LogP contribution in [0.25, 0.3) is 0 Å².